The van der Waals surface area contributed by atoms with Crippen LogP contribution in [0.4, 0.5) is 0 Å². The Kier molecular flexibility index (Phi) is 3.55. The Bertz CT molecular complexity index is 779. The molecule has 0 amide bonds. The summed E-state index contributed by atoms with van der Waals surface area (Å²) in [5, 5.41) is 10.9. The van der Waals surface area contributed by atoms with E-state index in [2.05, 4.69) is 15.0 Å². The van der Waals surface area contributed by atoms with Crippen LogP contribution < -0.4 is 4.74 Å². The van der Waals surface area contributed by atoms with Crippen molar-refractivity contribution in [1.82, 2.24) is 9.97 Å². The molecule has 0 atom stereocenters. The van der Waals surface area contributed by atoms with Gasteiger partial charge in [0.15, 0.2) is 5.88 Å². The van der Waals surface area contributed by atoms with Crippen molar-refractivity contribution < 1.29 is 9.84 Å². The van der Waals surface area contributed by atoms with Crippen LogP contribution in [0.15, 0.2) is 47.7 Å². The van der Waals surface area contributed by atoms with Crippen LogP contribution in [0.1, 0.15) is 11.1 Å². The molecule has 106 valence electrons. The van der Waals surface area contributed by atoms with E-state index in [0.29, 0.717) is 12.1 Å². The summed E-state index contributed by atoms with van der Waals surface area (Å²) in [5.74, 6) is 0.849. The molecule has 3 aromatic rings. The second-order valence-electron chi connectivity index (χ2n) is 4.62. The van der Waals surface area contributed by atoms with Crippen molar-refractivity contribution in [3.05, 3.63) is 53.9 Å². The highest BCUT2D eigenvalue weighted by Crippen LogP contribution is 2.28. The lowest BCUT2D eigenvalue weighted by Crippen LogP contribution is -1.85. The van der Waals surface area contributed by atoms with Gasteiger partial charge in [0.25, 0.3) is 0 Å². The van der Waals surface area contributed by atoms with Gasteiger partial charge in [0.2, 0.25) is 0 Å². The smallest absolute Gasteiger partial charge is 0.198 e. The van der Waals surface area contributed by atoms with Crippen molar-refractivity contribution in [2.24, 2.45) is 4.99 Å². The lowest BCUT2D eigenvalue weighted by molar-refractivity contribution is 0.415. The summed E-state index contributed by atoms with van der Waals surface area (Å²) in [5.41, 5.74) is 2.58. The number of aromatic hydroxyl groups is 1. The molecule has 0 fully saturated rings. The van der Waals surface area contributed by atoms with E-state index in [1.807, 2.05) is 30.3 Å². The van der Waals surface area contributed by atoms with Gasteiger partial charge < -0.3 is 14.8 Å². The molecule has 2 heterocycles. The van der Waals surface area contributed by atoms with Crippen LogP contribution in [0, 0.1) is 0 Å². The number of methoxy groups -OCH3 is 1. The van der Waals surface area contributed by atoms with Gasteiger partial charge in [-0.1, -0.05) is 0 Å². The van der Waals surface area contributed by atoms with Gasteiger partial charge in [-0.15, -0.1) is 0 Å². The molecule has 0 bridgehead atoms. The summed E-state index contributed by atoms with van der Waals surface area (Å²) in [7, 11) is 1.62. The van der Waals surface area contributed by atoms with Crippen LogP contribution in [0.5, 0.6) is 11.6 Å². The normalized spacial score (nSPS) is 11.3. The molecule has 1 aromatic carbocycles. The third kappa shape index (κ3) is 2.72. The number of rotatable bonds is 4. The van der Waals surface area contributed by atoms with Crippen LogP contribution in [-0.2, 0) is 6.54 Å². The fourth-order valence-electron chi connectivity index (χ4n) is 2.17. The molecule has 0 unspecified atom stereocenters. The minimum atomic E-state index is 0.108. The number of H-pyrrole nitrogens is 1. The molecular weight excluding hydrogens is 266 g/mol. The molecule has 0 aliphatic heterocycles. The zero-order valence-corrected chi connectivity index (χ0v) is 11.6. The van der Waals surface area contributed by atoms with Crippen molar-refractivity contribution >= 4 is 17.1 Å². The Morgan fingerprint density at radius 2 is 2.10 bits per heavy atom. The van der Waals surface area contributed by atoms with Gasteiger partial charge in [-0.3, -0.25) is 9.98 Å². The zero-order chi connectivity index (χ0) is 14.7. The van der Waals surface area contributed by atoms with Crippen molar-refractivity contribution in [3.63, 3.8) is 0 Å². The Morgan fingerprint density at radius 1 is 1.29 bits per heavy atom. The lowest BCUT2D eigenvalue weighted by atomic mass is 10.1. The molecular formula is C16H15N3O2. The topological polar surface area (TPSA) is 70.5 Å². The molecule has 0 aliphatic carbocycles. The van der Waals surface area contributed by atoms with E-state index in [4.69, 9.17) is 4.74 Å². The van der Waals surface area contributed by atoms with Crippen molar-refractivity contribution in [2.45, 2.75) is 6.54 Å². The fraction of sp³-hybridized carbons (Fsp3) is 0.125. The van der Waals surface area contributed by atoms with E-state index in [1.165, 1.54) is 0 Å². The molecule has 3 rings (SSSR count). The van der Waals surface area contributed by atoms with Gasteiger partial charge in [-0.05, 0) is 35.9 Å². The SMILES string of the molecule is COc1ccc2[nH]c(O)c(C=NCc3ccncc3)c2c1. The van der Waals surface area contributed by atoms with Gasteiger partial charge in [-0.2, -0.15) is 0 Å². The predicted octanol–water partition coefficient (Wildman–Crippen LogP) is 2.90. The predicted molar refractivity (Wildman–Crippen MR) is 82.1 cm³/mol. The zero-order valence-electron chi connectivity index (χ0n) is 11.6. The molecule has 2 aromatic heterocycles. The second-order valence-corrected chi connectivity index (χ2v) is 4.62. The Balaban J connectivity index is 1.90. The summed E-state index contributed by atoms with van der Waals surface area (Å²) in [6.07, 6.45) is 5.14. The molecule has 0 saturated carbocycles. The summed E-state index contributed by atoms with van der Waals surface area (Å²) in [6.45, 7) is 0.540. The Morgan fingerprint density at radius 3 is 2.86 bits per heavy atom. The van der Waals surface area contributed by atoms with Crippen LogP contribution in [0.25, 0.3) is 10.9 Å². The molecule has 0 radical (unpaired) electrons. The number of nitrogens with one attached hydrogen (secondary N) is 1. The van der Waals surface area contributed by atoms with Crippen LogP contribution >= 0.6 is 0 Å². The third-order valence-corrected chi connectivity index (χ3v) is 3.27. The standard InChI is InChI=1S/C16H15N3O2/c1-21-12-2-3-15-13(8-12)14(16(20)19-15)10-18-9-11-4-6-17-7-5-11/h2-8,10,19-20H,9H2,1H3. The maximum atomic E-state index is 10.00. The summed E-state index contributed by atoms with van der Waals surface area (Å²) in [6, 6.07) is 9.41. The van der Waals surface area contributed by atoms with Crippen LogP contribution in [-0.4, -0.2) is 28.4 Å². The first-order chi connectivity index (χ1) is 10.3. The summed E-state index contributed by atoms with van der Waals surface area (Å²) < 4.78 is 5.21. The van der Waals surface area contributed by atoms with E-state index in [9.17, 15) is 5.11 Å². The number of pyridine rings is 1. The number of hydrogen-bond donors (Lipinski definition) is 2. The average molecular weight is 281 g/mol. The lowest BCUT2D eigenvalue weighted by Gasteiger charge is -1.99. The quantitative estimate of drug-likeness (QED) is 0.722. The molecule has 0 spiro atoms. The van der Waals surface area contributed by atoms with Crippen molar-refractivity contribution in [3.8, 4) is 11.6 Å². The van der Waals surface area contributed by atoms with Gasteiger partial charge in [0.05, 0.1) is 19.2 Å². The van der Waals surface area contributed by atoms with E-state index in [1.54, 1.807) is 25.7 Å². The van der Waals surface area contributed by atoms with E-state index in [0.717, 1.165) is 22.2 Å². The number of aromatic nitrogens is 2. The van der Waals surface area contributed by atoms with E-state index >= 15 is 0 Å². The highest BCUT2D eigenvalue weighted by atomic mass is 16.5. The van der Waals surface area contributed by atoms with Crippen LogP contribution in [0.2, 0.25) is 0 Å². The molecule has 21 heavy (non-hydrogen) atoms. The second kappa shape index (κ2) is 5.66. The summed E-state index contributed by atoms with van der Waals surface area (Å²) in [4.78, 5) is 11.3. The van der Waals surface area contributed by atoms with Gasteiger partial charge in [0, 0.05) is 29.5 Å². The number of aliphatic imine (C=N–C) groups is 1. The van der Waals surface area contributed by atoms with Crippen molar-refractivity contribution in [2.75, 3.05) is 7.11 Å². The number of hydrogen-bond acceptors (Lipinski definition) is 4. The average Bonchev–Trinajstić information content (AvgIpc) is 2.83. The maximum absolute atomic E-state index is 10.00. The number of aromatic amines is 1. The van der Waals surface area contributed by atoms with E-state index < -0.39 is 0 Å². The number of benzene rings is 1. The third-order valence-electron chi connectivity index (χ3n) is 3.27. The molecule has 5 nitrogen and oxygen atoms in total. The highest BCUT2D eigenvalue weighted by molar-refractivity contribution is 6.02. The first-order valence-electron chi connectivity index (χ1n) is 6.55. The van der Waals surface area contributed by atoms with Crippen molar-refractivity contribution in [1.29, 1.82) is 0 Å². The maximum Gasteiger partial charge on any atom is 0.198 e. The monoisotopic (exact) mass is 281 g/mol. The van der Waals surface area contributed by atoms with Gasteiger partial charge >= 0.3 is 0 Å². The fourth-order valence-corrected chi connectivity index (χ4v) is 2.17. The summed E-state index contributed by atoms with van der Waals surface area (Å²) >= 11 is 0. The Labute approximate surface area is 121 Å². The van der Waals surface area contributed by atoms with Crippen LogP contribution in [0.3, 0.4) is 0 Å². The minimum Gasteiger partial charge on any atom is -0.497 e. The molecule has 0 aliphatic rings. The first kappa shape index (κ1) is 13.2. The number of fused-ring (bicyclic) bond motifs is 1. The number of ether oxygens (including phenoxy) is 1. The van der Waals surface area contributed by atoms with E-state index in [-0.39, 0.29) is 5.88 Å². The largest absolute Gasteiger partial charge is 0.497 e. The molecule has 0 saturated heterocycles. The minimum absolute atomic E-state index is 0.108. The molecule has 5 heteroatoms. The number of nitrogens with zero attached hydrogens (tertiary/aromatic N) is 2. The first-order valence-corrected chi connectivity index (χ1v) is 6.55. The Hall–Kier alpha value is -2.82. The van der Waals surface area contributed by atoms with Gasteiger partial charge in [-0.25, -0.2) is 0 Å². The molecule has 2 N–H and O–H groups in total. The highest BCUT2D eigenvalue weighted by Gasteiger charge is 2.09. The van der Waals surface area contributed by atoms with Gasteiger partial charge in [0.1, 0.15) is 5.75 Å².